The monoisotopic (exact) mass is 152 g/mol. The summed E-state index contributed by atoms with van der Waals surface area (Å²) in [6.07, 6.45) is 1.70. The van der Waals surface area contributed by atoms with Crippen LogP contribution in [0.4, 0.5) is 5.95 Å². The maximum Gasteiger partial charge on any atom is 0.222 e. The van der Waals surface area contributed by atoms with E-state index < -0.39 is 0 Å². The number of nitrogens with one attached hydrogen (secondary N) is 1. The summed E-state index contributed by atoms with van der Waals surface area (Å²) in [5.41, 5.74) is 6.25. The summed E-state index contributed by atoms with van der Waals surface area (Å²) in [5.74, 6) is 0.649. The van der Waals surface area contributed by atoms with E-state index in [4.69, 9.17) is 5.73 Å². The van der Waals surface area contributed by atoms with Crippen molar-refractivity contribution >= 4 is 5.95 Å². The number of hydrogen-bond donors (Lipinski definition) is 2. The number of nitrogens with zero attached hydrogens (tertiary/aromatic N) is 2. The maximum atomic E-state index is 5.40. The molecular formula is C7H12N4. The highest BCUT2D eigenvalue weighted by Gasteiger charge is 1.93. The van der Waals surface area contributed by atoms with Gasteiger partial charge < -0.3 is 11.1 Å². The quantitative estimate of drug-likeness (QED) is 0.656. The molecule has 1 heterocycles. The van der Waals surface area contributed by atoms with E-state index in [1.807, 2.05) is 6.92 Å². The van der Waals surface area contributed by atoms with Gasteiger partial charge in [0.1, 0.15) is 0 Å². The van der Waals surface area contributed by atoms with Gasteiger partial charge in [0.15, 0.2) is 0 Å². The molecular weight excluding hydrogens is 140 g/mol. The Kier molecular flexibility index (Phi) is 2.80. The normalized spacial score (nSPS) is 9.64. The number of hydrogen-bond acceptors (Lipinski definition) is 4. The van der Waals surface area contributed by atoms with Crippen LogP contribution in [0.25, 0.3) is 0 Å². The average molecular weight is 152 g/mol. The van der Waals surface area contributed by atoms with Gasteiger partial charge in [-0.1, -0.05) is 0 Å². The molecule has 0 saturated heterocycles. The van der Waals surface area contributed by atoms with Crippen LogP contribution in [0, 0.1) is 0 Å². The van der Waals surface area contributed by atoms with E-state index >= 15 is 0 Å². The molecule has 0 aliphatic heterocycles. The van der Waals surface area contributed by atoms with E-state index in [-0.39, 0.29) is 0 Å². The Balaban J connectivity index is 2.74. The lowest BCUT2D eigenvalue weighted by Crippen LogP contribution is -2.06. The van der Waals surface area contributed by atoms with Crippen LogP contribution in [0.2, 0.25) is 0 Å². The first-order chi connectivity index (χ1) is 5.36. The first-order valence-electron chi connectivity index (χ1n) is 3.62. The number of aromatic nitrogens is 2. The predicted octanol–water partition coefficient (Wildman–Crippen LogP) is 0.367. The van der Waals surface area contributed by atoms with E-state index in [9.17, 15) is 0 Å². The largest absolute Gasteiger partial charge is 0.354 e. The van der Waals surface area contributed by atoms with Crippen molar-refractivity contribution in [3.8, 4) is 0 Å². The van der Waals surface area contributed by atoms with Crippen LogP contribution in [0.3, 0.4) is 0 Å². The molecule has 0 spiro atoms. The Morgan fingerprint density at radius 1 is 1.64 bits per heavy atom. The van der Waals surface area contributed by atoms with Crippen LogP contribution < -0.4 is 11.1 Å². The average Bonchev–Trinajstić information content (AvgIpc) is 2.06. The minimum Gasteiger partial charge on any atom is -0.354 e. The highest BCUT2D eigenvalue weighted by molar-refractivity contribution is 5.24. The Morgan fingerprint density at radius 2 is 2.45 bits per heavy atom. The van der Waals surface area contributed by atoms with Gasteiger partial charge in [-0.05, 0) is 13.0 Å². The Hall–Kier alpha value is -1.16. The van der Waals surface area contributed by atoms with E-state index in [0.29, 0.717) is 12.5 Å². The molecule has 0 aromatic carbocycles. The molecule has 60 valence electrons. The van der Waals surface area contributed by atoms with Crippen molar-refractivity contribution < 1.29 is 0 Å². The summed E-state index contributed by atoms with van der Waals surface area (Å²) in [6.45, 7) is 3.29. The number of rotatable bonds is 3. The van der Waals surface area contributed by atoms with Crippen LogP contribution in [-0.4, -0.2) is 16.5 Å². The minimum absolute atomic E-state index is 0.459. The molecule has 0 unspecified atom stereocenters. The number of nitrogens with two attached hydrogens (primary N) is 1. The van der Waals surface area contributed by atoms with Crippen LogP contribution >= 0.6 is 0 Å². The lowest BCUT2D eigenvalue weighted by molar-refractivity contribution is 0.956. The van der Waals surface area contributed by atoms with Crippen molar-refractivity contribution in [3.05, 3.63) is 18.0 Å². The fourth-order valence-corrected chi connectivity index (χ4v) is 0.753. The van der Waals surface area contributed by atoms with Crippen LogP contribution in [0.1, 0.15) is 12.6 Å². The van der Waals surface area contributed by atoms with Gasteiger partial charge >= 0.3 is 0 Å². The van der Waals surface area contributed by atoms with Crippen LogP contribution in [-0.2, 0) is 6.54 Å². The number of anilines is 1. The molecule has 11 heavy (non-hydrogen) atoms. The molecule has 4 heteroatoms. The molecule has 1 aromatic rings. The highest BCUT2D eigenvalue weighted by atomic mass is 15.1. The van der Waals surface area contributed by atoms with Crippen molar-refractivity contribution in [2.45, 2.75) is 13.5 Å². The third-order valence-corrected chi connectivity index (χ3v) is 1.26. The zero-order chi connectivity index (χ0) is 8.10. The van der Waals surface area contributed by atoms with E-state index in [0.717, 1.165) is 12.2 Å². The third-order valence-electron chi connectivity index (χ3n) is 1.26. The van der Waals surface area contributed by atoms with Crippen LogP contribution in [0.5, 0.6) is 0 Å². The zero-order valence-corrected chi connectivity index (χ0v) is 6.54. The standard InChI is InChI=1S/C7H12N4/c1-2-9-7-10-4-3-6(5-8)11-7/h3-4H,2,5,8H2,1H3,(H,9,10,11). The second-order valence-electron chi connectivity index (χ2n) is 2.11. The molecule has 0 aliphatic rings. The minimum atomic E-state index is 0.459. The summed E-state index contributed by atoms with van der Waals surface area (Å²) in [5, 5.41) is 3.00. The second kappa shape index (κ2) is 3.88. The molecule has 1 rings (SSSR count). The highest BCUT2D eigenvalue weighted by Crippen LogP contribution is 1.97. The van der Waals surface area contributed by atoms with Gasteiger partial charge in [0.05, 0.1) is 5.69 Å². The van der Waals surface area contributed by atoms with Gasteiger partial charge in [-0.25, -0.2) is 9.97 Å². The smallest absolute Gasteiger partial charge is 0.222 e. The van der Waals surface area contributed by atoms with Gasteiger partial charge in [-0.3, -0.25) is 0 Å². The Bertz CT molecular complexity index is 223. The molecule has 0 atom stereocenters. The fourth-order valence-electron chi connectivity index (χ4n) is 0.753. The maximum absolute atomic E-state index is 5.40. The van der Waals surface area contributed by atoms with Gasteiger partial charge in [0, 0.05) is 19.3 Å². The fraction of sp³-hybridized carbons (Fsp3) is 0.429. The van der Waals surface area contributed by atoms with E-state index in [1.165, 1.54) is 0 Å². The van der Waals surface area contributed by atoms with Crippen molar-refractivity contribution in [3.63, 3.8) is 0 Å². The molecule has 0 aliphatic carbocycles. The molecule has 0 amide bonds. The lowest BCUT2D eigenvalue weighted by atomic mass is 10.4. The first kappa shape index (κ1) is 7.94. The first-order valence-corrected chi connectivity index (χ1v) is 3.62. The molecule has 4 nitrogen and oxygen atoms in total. The third kappa shape index (κ3) is 2.16. The van der Waals surface area contributed by atoms with Gasteiger partial charge in [-0.15, -0.1) is 0 Å². The molecule has 0 fully saturated rings. The van der Waals surface area contributed by atoms with Crippen molar-refractivity contribution in [1.29, 1.82) is 0 Å². The predicted molar refractivity (Wildman–Crippen MR) is 44.1 cm³/mol. The molecule has 0 bridgehead atoms. The summed E-state index contributed by atoms with van der Waals surface area (Å²) >= 11 is 0. The molecule has 1 aromatic heterocycles. The van der Waals surface area contributed by atoms with Gasteiger partial charge in [-0.2, -0.15) is 0 Å². The lowest BCUT2D eigenvalue weighted by Gasteiger charge is -2.01. The summed E-state index contributed by atoms with van der Waals surface area (Å²) < 4.78 is 0. The molecule has 3 N–H and O–H groups in total. The van der Waals surface area contributed by atoms with Gasteiger partial charge in [0.25, 0.3) is 0 Å². The Labute approximate surface area is 65.9 Å². The SMILES string of the molecule is CCNc1nccc(CN)n1. The Morgan fingerprint density at radius 3 is 3.09 bits per heavy atom. The van der Waals surface area contributed by atoms with E-state index in [1.54, 1.807) is 12.3 Å². The summed E-state index contributed by atoms with van der Waals surface area (Å²) in [4.78, 5) is 8.13. The summed E-state index contributed by atoms with van der Waals surface area (Å²) in [6, 6.07) is 1.81. The van der Waals surface area contributed by atoms with E-state index in [2.05, 4.69) is 15.3 Å². The molecule has 0 saturated carbocycles. The topological polar surface area (TPSA) is 63.8 Å². The second-order valence-corrected chi connectivity index (χ2v) is 2.11. The van der Waals surface area contributed by atoms with Crippen molar-refractivity contribution in [2.75, 3.05) is 11.9 Å². The van der Waals surface area contributed by atoms with Crippen LogP contribution in [0.15, 0.2) is 12.3 Å². The van der Waals surface area contributed by atoms with Crippen molar-refractivity contribution in [1.82, 2.24) is 9.97 Å². The summed E-state index contributed by atoms with van der Waals surface area (Å²) in [7, 11) is 0. The zero-order valence-electron chi connectivity index (χ0n) is 6.54. The van der Waals surface area contributed by atoms with Crippen molar-refractivity contribution in [2.24, 2.45) is 5.73 Å². The molecule has 0 radical (unpaired) electrons. The van der Waals surface area contributed by atoms with Gasteiger partial charge in [0.2, 0.25) is 5.95 Å².